The van der Waals surface area contributed by atoms with Crippen molar-refractivity contribution in [1.29, 1.82) is 0 Å². The van der Waals surface area contributed by atoms with Gasteiger partial charge in [0.05, 0.1) is 11.3 Å². The molecule has 0 fully saturated rings. The number of hydrogen-bond acceptors (Lipinski definition) is 1. The average molecular weight is 333 g/mol. The lowest BCUT2D eigenvalue weighted by atomic mass is 9.87. The SMILES string of the molecule is C/C(=C1\C(=O)Nc2c(C)c(C)c(C)c(C)c21)c1cc(C)c(C)c(C)c1. The van der Waals surface area contributed by atoms with Crippen molar-refractivity contribution < 1.29 is 4.79 Å². The molecule has 0 aliphatic carbocycles. The van der Waals surface area contributed by atoms with Gasteiger partial charge in [0.1, 0.15) is 0 Å². The normalized spacial score (nSPS) is 15.3. The zero-order valence-electron chi connectivity index (χ0n) is 16.6. The summed E-state index contributed by atoms with van der Waals surface area (Å²) in [5, 5.41) is 3.12. The molecule has 3 rings (SSSR count). The highest BCUT2D eigenvalue weighted by Crippen LogP contribution is 2.43. The Morgan fingerprint density at radius 3 is 1.84 bits per heavy atom. The zero-order chi connectivity index (χ0) is 18.6. The second-order valence-corrected chi connectivity index (χ2v) is 7.44. The minimum absolute atomic E-state index is 0.0135. The van der Waals surface area contributed by atoms with E-state index in [9.17, 15) is 4.79 Å². The lowest BCUT2D eigenvalue weighted by Gasteiger charge is -2.16. The second-order valence-electron chi connectivity index (χ2n) is 7.44. The van der Waals surface area contributed by atoms with Crippen LogP contribution in [0.4, 0.5) is 5.69 Å². The smallest absolute Gasteiger partial charge is 0.256 e. The quantitative estimate of drug-likeness (QED) is 0.664. The van der Waals surface area contributed by atoms with Gasteiger partial charge in [0.15, 0.2) is 0 Å². The molecule has 1 aliphatic heterocycles. The fraction of sp³-hybridized carbons (Fsp3) is 0.348. The largest absolute Gasteiger partial charge is 0.321 e. The molecule has 130 valence electrons. The van der Waals surface area contributed by atoms with Crippen LogP contribution in [0.3, 0.4) is 0 Å². The van der Waals surface area contributed by atoms with Crippen LogP contribution in [0.25, 0.3) is 11.1 Å². The van der Waals surface area contributed by atoms with Crippen LogP contribution in [0.15, 0.2) is 12.1 Å². The highest BCUT2D eigenvalue weighted by Gasteiger charge is 2.31. The number of aryl methyl sites for hydroxylation is 2. The minimum Gasteiger partial charge on any atom is -0.321 e. The Bertz CT molecular complexity index is 938. The molecule has 0 saturated heterocycles. The number of fused-ring (bicyclic) bond motifs is 1. The van der Waals surface area contributed by atoms with Gasteiger partial charge in [0.2, 0.25) is 0 Å². The number of benzene rings is 2. The number of carbonyl (C=O) groups is 1. The summed E-state index contributed by atoms with van der Waals surface area (Å²) in [7, 11) is 0. The molecule has 1 heterocycles. The van der Waals surface area contributed by atoms with Gasteiger partial charge in [0.25, 0.3) is 5.91 Å². The van der Waals surface area contributed by atoms with Crippen LogP contribution in [0.1, 0.15) is 57.0 Å². The lowest BCUT2D eigenvalue weighted by Crippen LogP contribution is -2.06. The Balaban J connectivity index is 2.34. The summed E-state index contributed by atoms with van der Waals surface area (Å²) in [4.78, 5) is 12.8. The van der Waals surface area contributed by atoms with E-state index in [0.29, 0.717) is 0 Å². The number of carbonyl (C=O) groups excluding carboxylic acids is 1. The standard InChI is InChI=1S/C23H27NO/c1-11-9-19(10-12(2)13(11)3)18(8)21-20-16(6)14(4)15(5)17(7)22(20)24-23(21)25/h9-10H,1-8H3,(H,24,25)/b21-18+. The topological polar surface area (TPSA) is 29.1 Å². The molecular formula is C23H27NO. The van der Waals surface area contributed by atoms with Gasteiger partial charge in [0, 0.05) is 5.56 Å². The van der Waals surface area contributed by atoms with Crippen LogP contribution in [0.5, 0.6) is 0 Å². The van der Waals surface area contributed by atoms with Crippen molar-refractivity contribution in [1.82, 2.24) is 0 Å². The molecular weight excluding hydrogens is 306 g/mol. The summed E-state index contributed by atoms with van der Waals surface area (Å²) >= 11 is 0. The summed E-state index contributed by atoms with van der Waals surface area (Å²) in [6.45, 7) is 17.0. The molecule has 1 aliphatic rings. The molecule has 1 amide bonds. The third kappa shape index (κ3) is 2.52. The third-order valence-electron chi connectivity index (χ3n) is 6.14. The molecule has 0 unspecified atom stereocenters. The van der Waals surface area contributed by atoms with Crippen molar-refractivity contribution in [2.45, 2.75) is 55.4 Å². The van der Waals surface area contributed by atoms with E-state index in [1.807, 2.05) is 0 Å². The molecule has 2 aromatic rings. The number of anilines is 1. The third-order valence-corrected chi connectivity index (χ3v) is 6.14. The van der Waals surface area contributed by atoms with Gasteiger partial charge < -0.3 is 5.32 Å². The van der Waals surface area contributed by atoms with Crippen LogP contribution in [0, 0.1) is 48.5 Å². The molecule has 2 heteroatoms. The first-order valence-electron chi connectivity index (χ1n) is 8.86. The molecule has 25 heavy (non-hydrogen) atoms. The Morgan fingerprint density at radius 2 is 1.28 bits per heavy atom. The first-order valence-corrected chi connectivity index (χ1v) is 8.86. The van der Waals surface area contributed by atoms with Gasteiger partial charge in [-0.3, -0.25) is 4.79 Å². The van der Waals surface area contributed by atoms with Crippen LogP contribution >= 0.6 is 0 Å². The molecule has 0 radical (unpaired) electrons. The highest BCUT2D eigenvalue weighted by molar-refractivity contribution is 6.37. The minimum atomic E-state index is 0.0135. The van der Waals surface area contributed by atoms with Gasteiger partial charge in [-0.2, -0.15) is 0 Å². The maximum absolute atomic E-state index is 12.8. The number of rotatable bonds is 1. The molecule has 0 bridgehead atoms. The van der Waals surface area contributed by atoms with Gasteiger partial charge in [-0.15, -0.1) is 0 Å². The van der Waals surface area contributed by atoms with Gasteiger partial charge in [-0.1, -0.05) is 12.1 Å². The van der Waals surface area contributed by atoms with Gasteiger partial charge in [-0.25, -0.2) is 0 Å². The number of hydrogen-bond donors (Lipinski definition) is 1. The Hall–Kier alpha value is -2.35. The molecule has 0 atom stereocenters. The first-order chi connectivity index (χ1) is 11.6. The molecule has 0 saturated carbocycles. The van der Waals surface area contributed by atoms with Crippen molar-refractivity contribution in [2.75, 3.05) is 5.32 Å². The Morgan fingerprint density at radius 1 is 0.760 bits per heavy atom. The van der Waals surface area contributed by atoms with E-state index >= 15 is 0 Å². The van der Waals surface area contributed by atoms with Crippen LogP contribution < -0.4 is 5.32 Å². The van der Waals surface area contributed by atoms with E-state index in [4.69, 9.17) is 0 Å². The fourth-order valence-electron chi connectivity index (χ4n) is 3.83. The van der Waals surface area contributed by atoms with Crippen molar-refractivity contribution >= 4 is 22.7 Å². The van der Waals surface area contributed by atoms with E-state index in [1.54, 1.807) is 0 Å². The number of amides is 1. The predicted octanol–water partition coefficient (Wildman–Crippen LogP) is 5.73. The Kier molecular flexibility index (Phi) is 4.10. The van der Waals surface area contributed by atoms with E-state index in [-0.39, 0.29) is 5.91 Å². The van der Waals surface area contributed by atoms with Crippen LogP contribution in [-0.4, -0.2) is 5.91 Å². The molecule has 0 aromatic heterocycles. The van der Waals surface area contributed by atoms with Crippen molar-refractivity contribution in [2.24, 2.45) is 0 Å². The first kappa shape index (κ1) is 17.5. The van der Waals surface area contributed by atoms with Gasteiger partial charge >= 0.3 is 0 Å². The summed E-state index contributed by atoms with van der Waals surface area (Å²) in [6.07, 6.45) is 0. The monoisotopic (exact) mass is 333 g/mol. The highest BCUT2D eigenvalue weighted by atomic mass is 16.2. The van der Waals surface area contributed by atoms with Crippen LogP contribution in [-0.2, 0) is 4.79 Å². The summed E-state index contributed by atoms with van der Waals surface area (Å²) < 4.78 is 0. The van der Waals surface area contributed by atoms with E-state index < -0.39 is 0 Å². The van der Waals surface area contributed by atoms with E-state index in [0.717, 1.165) is 28.0 Å². The molecule has 2 aromatic carbocycles. The van der Waals surface area contributed by atoms with Gasteiger partial charge in [-0.05, 0) is 105 Å². The van der Waals surface area contributed by atoms with E-state index in [2.05, 4.69) is 72.8 Å². The second kappa shape index (κ2) is 5.87. The van der Waals surface area contributed by atoms with Crippen LogP contribution in [0.2, 0.25) is 0 Å². The maximum Gasteiger partial charge on any atom is 0.256 e. The molecule has 1 N–H and O–H groups in total. The summed E-state index contributed by atoms with van der Waals surface area (Å²) in [6, 6.07) is 4.39. The van der Waals surface area contributed by atoms with E-state index in [1.165, 1.54) is 38.9 Å². The average Bonchev–Trinajstić information content (AvgIpc) is 2.92. The van der Waals surface area contributed by atoms with Crippen molar-refractivity contribution in [3.8, 4) is 0 Å². The number of nitrogens with one attached hydrogen (secondary N) is 1. The summed E-state index contributed by atoms with van der Waals surface area (Å²) in [5.41, 5.74) is 13.8. The predicted molar refractivity (Wildman–Crippen MR) is 107 cm³/mol. The lowest BCUT2D eigenvalue weighted by molar-refractivity contribution is -0.110. The van der Waals surface area contributed by atoms with Crippen molar-refractivity contribution in [3.63, 3.8) is 0 Å². The zero-order valence-corrected chi connectivity index (χ0v) is 16.6. The summed E-state index contributed by atoms with van der Waals surface area (Å²) in [5.74, 6) is 0.0135. The maximum atomic E-state index is 12.8. The molecule has 2 nitrogen and oxygen atoms in total. The van der Waals surface area contributed by atoms with Crippen molar-refractivity contribution in [3.05, 3.63) is 62.2 Å². The fourth-order valence-corrected chi connectivity index (χ4v) is 3.83. The molecule has 0 spiro atoms. The Labute approximate surface area is 151 Å². The number of allylic oxidation sites excluding steroid dienone is 1.